The number of carbonyl (C=O) groups is 1. The first kappa shape index (κ1) is 23.7. The van der Waals surface area contributed by atoms with Crippen molar-refractivity contribution in [2.24, 2.45) is 4.99 Å². The van der Waals surface area contributed by atoms with E-state index in [-0.39, 0.29) is 0 Å². The number of aldehydes is 1. The summed E-state index contributed by atoms with van der Waals surface area (Å²) in [6.07, 6.45) is 3.73. The van der Waals surface area contributed by atoms with Crippen molar-refractivity contribution in [2.75, 3.05) is 40.3 Å². The molecule has 1 aliphatic rings. The number of benzene rings is 2. The molecule has 162 valence electrons. The van der Waals surface area contributed by atoms with Crippen LogP contribution in [-0.2, 0) is 22.7 Å². The molecule has 2 N–H and O–H groups in total. The van der Waals surface area contributed by atoms with Gasteiger partial charge in [0.15, 0.2) is 0 Å². The summed E-state index contributed by atoms with van der Waals surface area (Å²) in [7, 11) is 3.82. The van der Waals surface area contributed by atoms with Crippen LogP contribution in [0.5, 0.6) is 0 Å². The molecule has 1 heterocycles. The van der Waals surface area contributed by atoms with Gasteiger partial charge in [0.2, 0.25) is 0 Å². The Morgan fingerprint density at radius 3 is 2.53 bits per heavy atom. The lowest BCUT2D eigenvalue weighted by molar-refractivity contribution is -0.152. The van der Waals surface area contributed by atoms with Crippen molar-refractivity contribution < 1.29 is 9.63 Å². The predicted octanol–water partition coefficient (Wildman–Crippen LogP) is 2.83. The maximum atomic E-state index is 10.1. The molecule has 30 heavy (non-hydrogen) atoms. The quantitative estimate of drug-likeness (QED) is 0.339. The SMILES string of the molecule is CN(CCC=O)OCc1ccccc1.CNCCCc1ccc(C2=NCCN2)cc1. The Labute approximate surface area is 180 Å². The average molecular weight is 411 g/mol. The molecule has 0 aliphatic carbocycles. The van der Waals surface area contributed by atoms with Crippen molar-refractivity contribution >= 4 is 12.1 Å². The van der Waals surface area contributed by atoms with Gasteiger partial charge in [-0.3, -0.25) is 9.83 Å². The highest BCUT2D eigenvalue weighted by atomic mass is 16.7. The third kappa shape index (κ3) is 9.31. The molecule has 0 aromatic heterocycles. The first-order valence-electron chi connectivity index (χ1n) is 10.6. The fourth-order valence-corrected chi connectivity index (χ4v) is 2.95. The fraction of sp³-hybridized carbons (Fsp3) is 0.417. The van der Waals surface area contributed by atoms with Crippen LogP contribution in [0.3, 0.4) is 0 Å². The highest BCUT2D eigenvalue weighted by Gasteiger charge is 2.07. The average Bonchev–Trinajstić information content (AvgIpc) is 3.33. The number of aliphatic imine (C=N–C) groups is 1. The number of rotatable bonds is 11. The van der Waals surface area contributed by atoms with Crippen LogP contribution in [0.2, 0.25) is 0 Å². The lowest BCUT2D eigenvalue weighted by Gasteiger charge is -2.14. The molecule has 2 aromatic carbocycles. The lowest BCUT2D eigenvalue weighted by Crippen LogP contribution is -2.20. The van der Waals surface area contributed by atoms with Crippen molar-refractivity contribution in [2.45, 2.75) is 25.9 Å². The lowest BCUT2D eigenvalue weighted by atomic mass is 10.1. The summed E-state index contributed by atoms with van der Waals surface area (Å²) >= 11 is 0. The van der Waals surface area contributed by atoms with Crippen molar-refractivity contribution in [1.29, 1.82) is 0 Å². The Balaban J connectivity index is 0.000000216. The van der Waals surface area contributed by atoms with E-state index < -0.39 is 0 Å². The van der Waals surface area contributed by atoms with Gasteiger partial charge in [0.25, 0.3) is 0 Å². The Morgan fingerprint density at radius 1 is 1.13 bits per heavy atom. The van der Waals surface area contributed by atoms with Crippen LogP contribution in [0, 0.1) is 0 Å². The monoisotopic (exact) mass is 410 g/mol. The van der Waals surface area contributed by atoms with E-state index in [0.29, 0.717) is 19.6 Å². The van der Waals surface area contributed by atoms with Gasteiger partial charge in [0.05, 0.1) is 13.2 Å². The second-order valence-corrected chi connectivity index (χ2v) is 7.13. The number of aryl methyl sites for hydroxylation is 1. The predicted molar refractivity (Wildman–Crippen MR) is 123 cm³/mol. The summed E-state index contributed by atoms with van der Waals surface area (Å²) in [6.45, 7) is 4.14. The number of nitrogens with zero attached hydrogens (tertiary/aromatic N) is 2. The minimum absolute atomic E-state index is 0.505. The van der Waals surface area contributed by atoms with Crippen LogP contribution in [0.4, 0.5) is 0 Å². The number of hydroxylamine groups is 2. The zero-order valence-corrected chi connectivity index (χ0v) is 18.1. The summed E-state index contributed by atoms with van der Waals surface area (Å²) in [5.74, 6) is 1.04. The second kappa shape index (κ2) is 14.4. The smallest absolute Gasteiger partial charge is 0.128 e. The van der Waals surface area contributed by atoms with Gasteiger partial charge in [-0.25, -0.2) is 0 Å². The largest absolute Gasteiger partial charge is 0.368 e. The number of nitrogens with one attached hydrogen (secondary N) is 2. The minimum Gasteiger partial charge on any atom is -0.368 e. The maximum absolute atomic E-state index is 10.1. The molecule has 0 unspecified atom stereocenters. The molecule has 0 radical (unpaired) electrons. The molecule has 2 aromatic rings. The second-order valence-electron chi connectivity index (χ2n) is 7.13. The molecule has 0 atom stereocenters. The number of carbonyl (C=O) groups excluding carboxylic acids is 1. The van der Waals surface area contributed by atoms with Crippen molar-refractivity contribution in [1.82, 2.24) is 15.7 Å². The van der Waals surface area contributed by atoms with Crippen molar-refractivity contribution in [3.8, 4) is 0 Å². The molecule has 0 saturated carbocycles. The van der Waals surface area contributed by atoms with E-state index >= 15 is 0 Å². The fourth-order valence-electron chi connectivity index (χ4n) is 2.95. The molecular formula is C24H34N4O2. The molecule has 1 aliphatic heterocycles. The number of hydrogen-bond acceptors (Lipinski definition) is 6. The van der Waals surface area contributed by atoms with Crippen molar-refractivity contribution in [3.05, 3.63) is 71.3 Å². The van der Waals surface area contributed by atoms with Crippen LogP contribution < -0.4 is 10.6 Å². The molecule has 0 fully saturated rings. The number of hydrogen-bond donors (Lipinski definition) is 2. The Morgan fingerprint density at radius 2 is 1.90 bits per heavy atom. The van der Waals surface area contributed by atoms with Gasteiger partial charge in [-0.2, -0.15) is 5.06 Å². The van der Waals surface area contributed by atoms with Gasteiger partial charge in [0.1, 0.15) is 12.1 Å². The summed E-state index contributed by atoms with van der Waals surface area (Å²) in [6, 6.07) is 18.7. The standard InChI is InChI=1S/C13H19N3.C11H15NO2/c1-14-8-2-3-11-4-6-12(7-5-11)13-15-9-10-16-13;1-12(8-5-9-13)14-10-11-6-3-2-4-7-11/h4-7,14H,2-3,8-10H2,1H3,(H,15,16);2-4,6-7,9H,5,8,10H2,1H3. The highest BCUT2D eigenvalue weighted by Crippen LogP contribution is 2.08. The molecule has 0 amide bonds. The van der Waals surface area contributed by atoms with Gasteiger partial charge in [0, 0.05) is 32.1 Å². The zero-order valence-electron chi connectivity index (χ0n) is 18.1. The molecular weight excluding hydrogens is 376 g/mol. The summed E-state index contributed by atoms with van der Waals surface area (Å²) in [5.41, 5.74) is 3.73. The van der Waals surface area contributed by atoms with Crippen molar-refractivity contribution in [3.63, 3.8) is 0 Å². The summed E-state index contributed by atoms with van der Waals surface area (Å²) in [4.78, 5) is 19.9. The third-order valence-corrected chi connectivity index (χ3v) is 4.65. The van der Waals surface area contributed by atoms with Crippen LogP contribution in [0.1, 0.15) is 29.5 Å². The number of amidine groups is 1. The van der Waals surface area contributed by atoms with Crippen LogP contribution in [-0.4, -0.2) is 57.5 Å². The van der Waals surface area contributed by atoms with E-state index in [1.54, 1.807) is 5.06 Å². The summed E-state index contributed by atoms with van der Waals surface area (Å²) in [5, 5.41) is 8.13. The van der Waals surface area contributed by atoms with Gasteiger partial charge < -0.3 is 15.4 Å². The van der Waals surface area contributed by atoms with E-state index in [0.717, 1.165) is 43.7 Å². The molecule has 0 saturated heterocycles. The Bertz CT molecular complexity index is 748. The molecule has 6 heteroatoms. The first-order valence-corrected chi connectivity index (χ1v) is 10.6. The van der Waals surface area contributed by atoms with E-state index in [9.17, 15) is 4.79 Å². The Kier molecular flexibility index (Phi) is 11.4. The Hall–Kier alpha value is -2.54. The molecule has 0 spiro atoms. The van der Waals surface area contributed by atoms with Gasteiger partial charge >= 0.3 is 0 Å². The molecule has 6 nitrogen and oxygen atoms in total. The van der Waals surface area contributed by atoms with E-state index in [4.69, 9.17) is 4.84 Å². The van der Waals surface area contributed by atoms with Gasteiger partial charge in [-0.15, -0.1) is 0 Å². The highest BCUT2D eigenvalue weighted by molar-refractivity contribution is 5.99. The van der Waals surface area contributed by atoms with Crippen LogP contribution in [0.15, 0.2) is 59.6 Å². The van der Waals surface area contributed by atoms with Gasteiger partial charge in [-0.1, -0.05) is 54.6 Å². The van der Waals surface area contributed by atoms with E-state index in [1.807, 2.05) is 44.4 Å². The van der Waals surface area contributed by atoms with Crippen LogP contribution >= 0.6 is 0 Å². The van der Waals surface area contributed by atoms with Crippen LogP contribution in [0.25, 0.3) is 0 Å². The summed E-state index contributed by atoms with van der Waals surface area (Å²) < 4.78 is 0. The minimum atomic E-state index is 0.505. The third-order valence-electron chi connectivity index (χ3n) is 4.65. The maximum Gasteiger partial charge on any atom is 0.128 e. The van der Waals surface area contributed by atoms with E-state index in [1.165, 1.54) is 17.5 Å². The van der Waals surface area contributed by atoms with Gasteiger partial charge in [-0.05, 0) is 37.6 Å². The zero-order chi connectivity index (χ0) is 21.4. The molecule has 3 rings (SSSR count). The topological polar surface area (TPSA) is 66.0 Å². The van der Waals surface area contributed by atoms with E-state index in [2.05, 4.69) is 39.9 Å². The normalized spacial score (nSPS) is 12.7. The first-order chi connectivity index (χ1) is 14.7. The molecule has 0 bridgehead atoms.